The van der Waals surface area contributed by atoms with Crippen molar-refractivity contribution in [3.63, 3.8) is 0 Å². The monoisotopic (exact) mass is 191 g/mol. The smallest absolute Gasteiger partial charge is 0.189 e. The number of para-hydroxylation sites is 2. The second-order valence-electron chi connectivity index (χ2n) is 3.13. The third-order valence-electron chi connectivity index (χ3n) is 2.23. The number of thioether (sulfide) groups is 1. The van der Waals surface area contributed by atoms with E-state index in [0.717, 1.165) is 16.5 Å². The van der Waals surface area contributed by atoms with E-state index in [1.54, 1.807) is 11.8 Å². The minimum absolute atomic E-state index is 0.993. The average Bonchev–Trinajstić information content (AvgIpc) is 2.66. The van der Waals surface area contributed by atoms with Crippen LogP contribution in [0, 0.1) is 0 Å². The summed E-state index contributed by atoms with van der Waals surface area (Å²) in [7, 11) is 2.08. The summed E-state index contributed by atoms with van der Waals surface area (Å²) in [6.07, 6.45) is 0. The van der Waals surface area contributed by atoms with Crippen molar-refractivity contribution >= 4 is 22.8 Å². The molecule has 0 saturated heterocycles. The molecule has 0 N–H and O–H groups in total. The molecule has 0 atom stereocenters. The molecular formula is C9H9N3S. The van der Waals surface area contributed by atoms with Gasteiger partial charge in [-0.2, -0.15) is 0 Å². The number of hydrogen-bond acceptors (Lipinski definition) is 3. The molecule has 1 aliphatic rings. The lowest BCUT2D eigenvalue weighted by Crippen LogP contribution is -2.24. The number of aromatic nitrogens is 2. The number of imidazole rings is 1. The van der Waals surface area contributed by atoms with Gasteiger partial charge in [-0.05, 0) is 12.1 Å². The fourth-order valence-corrected chi connectivity index (χ4v) is 2.56. The van der Waals surface area contributed by atoms with Gasteiger partial charge in [0.2, 0.25) is 0 Å². The maximum absolute atomic E-state index is 4.53. The minimum Gasteiger partial charge on any atom is -0.303 e. The van der Waals surface area contributed by atoms with E-state index >= 15 is 0 Å². The Balaban J connectivity index is 2.40. The lowest BCUT2D eigenvalue weighted by molar-refractivity contribution is 0.698. The summed E-state index contributed by atoms with van der Waals surface area (Å²) < 4.78 is 2.17. The molecule has 66 valence electrons. The first-order chi connectivity index (χ1) is 6.36. The van der Waals surface area contributed by atoms with Crippen LogP contribution in [0.3, 0.4) is 0 Å². The van der Waals surface area contributed by atoms with Gasteiger partial charge < -0.3 is 5.01 Å². The lowest BCUT2D eigenvalue weighted by Gasteiger charge is -2.12. The topological polar surface area (TPSA) is 21.1 Å². The molecule has 1 aromatic heterocycles. The third-order valence-corrected chi connectivity index (χ3v) is 3.25. The first kappa shape index (κ1) is 7.26. The Kier molecular flexibility index (Phi) is 1.35. The fraction of sp³-hybridized carbons (Fsp3) is 0.222. The summed E-state index contributed by atoms with van der Waals surface area (Å²) in [6.45, 7) is 0. The normalized spacial score (nSPS) is 15.3. The van der Waals surface area contributed by atoms with Crippen LogP contribution >= 0.6 is 11.8 Å². The minimum atomic E-state index is 0.993. The van der Waals surface area contributed by atoms with E-state index in [9.17, 15) is 0 Å². The van der Waals surface area contributed by atoms with Crippen LogP contribution in [0.5, 0.6) is 0 Å². The molecule has 3 rings (SSSR count). The van der Waals surface area contributed by atoms with Crippen molar-refractivity contribution in [2.45, 2.75) is 5.16 Å². The first-order valence-corrected chi connectivity index (χ1v) is 5.16. The first-order valence-electron chi connectivity index (χ1n) is 4.18. The van der Waals surface area contributed by atoms with Crippen molar-refractivity contribution in [1.82, 2.24) is 9.66 Å². The van der Waals surface area contributed by atoms with Crippen molar-refractivity contribution in [3.8, 4) is 0 Å². The van der Waals surface area contributed by atoms with Gasteiger partial charge in [-0.15, -0.1) is 0 Å². The molecule has 1 aromatic carbocycles. The molecule has 3 nitrogen and oxygen atoms in total. The summed E-state index contributed by atoms with van der Waals surface area (Å²) in [5, 5.41) is 3.28. The Morgan fingerprint density at radius 3 is 3.15 bits per heavy atom. The molecule has 0 spiro atoms. The average molecular weight is 191 g/mol. The molecule has 0 amide bonds. The standard InChI is InChI=1S/C9H9N3S/c1-11-6-13-9-10-7-4-2-3-5-8(7)12(9)11/h2-5H,6H2,1H3. The Bertz CT molecular complexity index is 463. The van der Waals surface area contributed by atoms with Gasteiger partial charge >= 0.3 is 0 Å². The van der Waals surface area contributed by atoms with Crippen molar-refractivity contribution in [2.75, 3.05) is 17.9 Å². The quantitative estimate of drug-likeness (QED) is 0.632. The van der Waals surface area contributed by atoms with Crippen LogP contribution < -0.4 is 5.01 Å². The van der Waals surface area contributed by atoms with Crippen LogP contribution in [0.4, 0.5) is 0 Å². The molecule has 0 bridgehead atoms. The summed E-state index contributed by atoms with van der Waals surface area (Å²) in [6, 6.07) is 8.23. The van der Waals surface area contributed by atoms with Crippen LogP contribution in [-0.2, 0) is 0 Å². The second-order valence-corrected chi connectivity index (χ2v) is 4.04. The van der Waals surface area contributed by atoms with Crippen molar-refractivity contribution in [3.05, 3.63) is 24.3 Å². The summed E-state index contributed by atoms with van der Waals surface area (Å²) >= 11 is 1.78. The van der Waals surface area contributed by atoms with Gasteiger partial charge in [0.25, 0.3) is 0 Å². The van der Waals surface area contributed by atoms with Gasteiger partial charge in [-0.25, -0.2) is 9.66 Å². The highest BCUT2D eigenvalue weighted by Gasteiger charge is 2.19. The number of rotatable bonds is 0. The van der Waals surface area contributed by atoms with Crippen molar-refractivity contribution < 1.29 is 0 Å². The van der Waals surface area contributed by atoms with Gasteiger partial charge in [0.05, 0.1) is 16.9 Å². The van der Waals surface area contributed by atoms with Gasteiger partial charge in [0, 0.05) is 7.05 Å². The molecule has 4 heteroatoms. The lowest BCUT2D eigenvalue weighted by atomic mass is 10.3. The SMILES string of the molecule is CN1CSc2nc3ccccc3n21. The molecule has 13 heavy (non-hydrogen) atoms. The van der Waals surface area contributed by atoms with Crippen LogP contribution in [0.25, 0.3) is 11.0 Å². The molecule has 0 radical (unpaired) electrons. The maximum atomic E-state index is 4.53. The fourth-order valence-electron chi connectivity index (χ4n) is 1.62. The largest absolute Gasteiger partial charge is 0.303 e. The highest BCUT2D eigenvalue weighted by molar-refractivity contribution is 7.99. The van der Waals surface area contributed by atoms with Gasteiger partial charge in [-0.1, -0.05) is 23.9 Å². The van der Waals surface area contributed by atoms with Gasteiger partial charge in [0.15, 0.2) is 5.16 Å². The third kappa shape index (κ3) is 0.891. The van der Waals surface area contributed by atoms with E-state index in [2.05, 4.69) is 33.8 Å². The predicted octanol–water partition coefficient (Wildman–Crippen LogP) is 1.67. The van der Waals surface area contributed by atoms with E-state index < -0.39 is 0 Å². The summed E-state index contributed by atoms with van der Waals surface area (Å²) in [4.78, 5) is 4.53. The van der Waals surface area contributed by atoms with Crippen LogP contribution in [0.2, 0.25) is 0 Å². The Hall–Kier alpha value is -1.16. The van der Waals surface area contributed by atoms with E-state index in [1.807, 2.05) is 12.1 Å². The molecular weight excluding hydrogens is 182 g/mol. The zero-order valence-electron chi connectivity index (χ0n) is 7.27. The van der Waals surface area contributed by atoms with Crippen molar-refractivity contribution in [2.24, 2.45) is 0 Å². The Morgan fingerprint density at radius 1 is 1.38 bits per heavy atom. The van der Waals surface area contributed by atoms with E-state index in [1.165, 1.54) is 5.52 Å². The zero-order valence-corrected chi connectivity index (χ0v) is 8.08. The van der Waals surface area contributed by atoms with E-state index in [4.69, 9.17) is 0 Å². The number of fused-ring (bicyclic) bond motifs is 3. The number of hydrogen-bond donors (Lipinski definition) is 0. The molecule has 0 fully saturated rings. The van der Waals surface area contributed by atoms with Crippen LogP contribution in [-0.4, -0.2) is 22.6 Å². The molecule has 1 aliphatic heterocycles. The zero-order chi connectivity index (χ0) is 8.84. The highest BCUT2D eigenvalue weighted by atomic mass is 32.2. The molecule has 0 unspecified atom stereocenters. The highest BCUT2D eigenvalue weighted by Crippen LogP contribution is 2.29. The number of nitrogens with zero attached hydrogens (tertiary/aromatic N) is 3. The van der Waals surface area contributed by atoms with Crippen LogP contribution in [0.1, 0.15) is 0 Å². The van der Waals surface area contributed by atoms with Gasteiger partial charge in [0.1, 0.15) is 0 Å². The van der Waals surface area contributed by atoms with E-state index in [0.29, 0.717) is 0 Å². The molecule has 2 aromatic rings. The summed E-state index contributed by atoms with van der Waals surface area (Å²) in [5.41, 5.74) is 2.28. The van der Waals surface area contributed by atoms with E-state index in [-0.39, 0.29) is 0 Å². The Labute approximate surface area is 80.3 Å². The molecule has 0 aliphatic carbocycles. The van der Waals surface area contributed by atoms with Crippen molar-refractivity contribution in [1.29, 1.82) is 0 Å². The second kappa shape index (κ2) is 2.42. The summed E-state index contributed by atoms with van der Waals surface area (Å²) in [5.74, 6) is 0.993. The molecule has 0 saturated carbocycles. The van der Waals surface area contributed by atoms with Crippen LogP contribution in [0.15, 0.2) is 29.4 Å². The Morgan fingerprint density at radius 2 is 2.23 bits per heavy atom. The molecule has 2 heterocycles. The number of benzene rings is 1. The predicted molar refractivity (Wildman–Crippen MR) is 54.6 cm³/mol. The van der Waals surface area contributed by atoms with Gasteiger partial charge in [-0.3, -0.25) is 0 Å². The maximum Gasteiger partial charge on any atom is 0.189 e.